The van der Waals surface area contributed by atoms with E-state index in [1.807, 2.05) is 25.1 Å². The van der Waals surface area contributed by atoms with Gasteiger partial charge in [-0.3, -0.25) is 9.36 Å². The van der Waals surface area contributed by atoms with E-state index in [0.29, 0.717) is 21.9 Å². The van der Waals surface area contributed by atoms with Crippen molar-refractivity contribution >= 4 is 28.5 Å². The van der Waals surface area contributed by atoms with Gasteiger partial charge in [0.15, 0.2) is 0 Å². The fraction of sp³-hybridized carbons (Fsp3) is 0.316. The van der Waals surface area contributed by atoms with Gasteiger partial charge in [-0.05, 0) is 49.9 Å². The monoisotopic (exact) mass is 354 g/mol. The molecule has 0 unspecified atom stereocenters. The molecule has 25 heavy (non-hydrogen) atoms. The molecule has 0 spiro atoms. The molecule has 0 N–H and O–H groups in total. The highest BCUT2D eigenvalue weighted by molar-refractivity contribution is 6.31. The molecule has 4 rings (SSSR count). The van der Waals surface area contributed by atoms with Crippen LogP contribution in [-0.4, -0.2) is 27.6 Å². The molecule has 1 aliphatic rings. The van der Waals surface area contributed by atoms with E-state index >= 15 is 0 Å². The lowest BCUT2D eigenvalue weighted by molar-refractivity contribution is 0.569. The van der Waals surface area contributed by atoms with Gasteiger partial charge in [0.25, 0.3) is 5.56 Å². The van der Waals surface area contributed by atoms with Crippen LogP contribution >= 0.6 is 11.6 Å². The van der Waals surface area contributed by atoms with Crippen LogP contribution in [0.25, 0.3) is 16.6 Å². The molecule has 1 aliphatic heterocycles. The molecule has 0 saturated carbocycles. The number of benzene rings is 1. The summed E-state index contributed by atoms with van der Waals surface area (Å²) in [5.41, 5.74) is 2.26. The van der Waals surface area contributed by atoms with Crippen molar-refractivity contribution in [2.24, 2.45) is 0 Å². The third kappa shape index (κ3) is 3.00. The van der Waals surface area contributed by atoms with Gasteiger partial charge in [-0.1, -0.05) is 17.7 Å². The molecule has 1 aromatic carbocycles. The number of halogens is 1. The van der Waals surface area contributed by atoms with Gasteiger partial charge in [-0.25, -0.2) is 9.97 Å². The Morgan fingerprint density at radius 2 is 1.92 bits per heavy atom. The second kappa shape index (κ2) is 6.48. The Morgan fingerprint density at radius 1 is 1.12 bits per heavy atom. The van der Waals surface area contributed by atoms with E-state index in [4.69, 9.17) is 11.6 Å². The minimum absolute atomic E-state index is 0.136. The molecule has 3 heterocycles. The normalized spacial score (nSPS) is 14.9. The fourth-order valence-electron chi connectivity index (χ4n) is 3.20. The number of aryl methyl sites for hydroxylation is 1. The van der Waals surface area contributed by atoms with Crippen molar-refractivity contribution in [2.75, 3.05) is 18.0 Å². The summed E-state index contributed by atoms with van der Waals surface area (Å²) in [6.07, 6.45) is 6.97. The summed E-state index contributed by atoms with van der Waals surface area (Å²) in [6, 6.07) is 7.45. The van der Waals surface area contributed by atoms with Crippen molar-refractivity contribution < 1.29 is 0 Å². The largest absolute Gasteiger partial charge is 0.341 e. The molecule has 0 bridgehead atoms. The molecule has 128 valence electrons. The van der Waals surface area contributed by atoms with E-state index in [1.165, 1.54) is 6.42 Å². The predicted octanol–water partition coefficient (Wildman–Crippen LogP) is 3.73. The summed E-state index contributed by atoms with van der Waals surface area (Å²) in [4.78, 5) is 24.1. The SMILES string of the molecule is Cc1ccc(-n2ccc3nc(N4CCCCC4)ncc3c2=O)cc1Cl. The average Bonchev–Trinajstić information content (AvgIpc) is 2.65. The number of nitrogens with zero attached hydrogens (tertiary/aromatic N) is 4. The standard InChI is InChI=1S/C19H19ClN4O/c1-13-5-6-14(11-16(13)20)24-10-7-17-15(18(24)25)12-21-19(22-17)23-8-3-2-4-9-23/h5-7,10-12H,2-4,8-9H2,1H3. The molecule has 0 aliphatic carbocycles. The van der Waals surface area contributed by atoms with Crippen LogP contribution in [0.5, 0.6) is 0 Å². The van der Waals surface area contributed by atoms with Crippen molar-refractivity contribution in [2.45, 2.75) is 26.2 Å². The van der Waals surface area contributed by atoms with Gasteiger partial charge in [0.2, 0.25) is 5.95 Å². The zero-order valence-corrected chi connectivity index (χ0v) is 14.8. The topological polar surface area (TPSA) is 51.0 Å². The lowest BCUT2D eigenvalue weighted by atomic mass is 10.1. The van der Waals surface area contributed by atoms with Crippen molar-refractivity contribution in [3.8, 4) is 5.69 Å². The smallest absolute Gasteiger partial charge is 0.266 e. The van der Waals surface area contributed by atoms with Crippen molar-refractivity contribution in [1.29, 1.82) is 0 Å². The number of fused-ring (bicyclic) bond motifs is 1. The van der Waals surface area contributed by atoms with Crippen molar-refractivity contribution in [3.05, 3.63) is 57.6 Å². The molecule has 2 aromatic heterocycles. The molecule has 1 fully saturated rings. The number of rotatable bonds is 2. The predicted molar refractivity (Wildman–Crippen MR) is 101 cm³/mol. The third-order valence-electron chi connectivity index (χ3n) is 4.71. The summed E-state index contributed by atoms with van der Waals surface area (Å²) in [5.74, 6) is 0.711. The van der Waals surface area contributed by atoms with Gasteiger partial charge in [0.1, 0.15) is 0 Å². The molecule has 0 atom stereocenters. The van der Waals surface area contributed by atoms with Gasteiger partial charge >= 0.3 is 0 Å². The minimum Gasteiger partial charge on any atom is -0.341 e. The van der Waals surface area contributed by atoms with Crippen LogP contribution in [0.4, 0.5) is 5.95 Å². The zero-order chi connectivity index (χ0) is 17.4. The molecule has 3 aromatic rings. The van der Waals surface area contributed by atoms with E-state index in [2.05, 4.69) is 14.9 Å². The number of hydrogen-bond acceptors (Lipinski definition) is 4. The van der Waals surface area contributed by atoms with Crippen LogP contribution in [0, 0.1) is 6.92 Å². The lowest BCUT2D eigenvalue weighted by Crippen LogP contribution is -2.31. The fourth-order valence-corrected chi connectivity index (χ4v) is 3.38. The number of anilines is 1. The van der Waals surface area contributed by atoms with E-state index in [-0.39, 0.29) is 5.56 Å². The second-order valence-corrected chi connectivity index (χ2v) is 6.85. The van der Waals surface area contributed by atoms with Gasteiger partial charge < -0.3 is 4.90 Å². The molecule has 1 saturated heterocycles. The van der Waals surface area contributed by atoms with E-state index in [1.54, 1.807) is 23.0 Å². The van der Waals surface area contributed by atoms with Gasteiger partial charge in [-0.2, -0.15) is 0 Å². The minimum atomic E-state index is -0.136. The Hall–Kier alpha value is -2.40. The summed E-state index contributed by atoms with van der Waals surface area (Å²) < 4.78 is 1.58. The Balaban J connectivity index is 1.77. The number of piperidine rings is 1. The van der Waals surface area contributed by atoms with Gasteiger partial charge in [0.05, 0.1) is 16.6 Å². The Labute approximate surface area is 150 Å². The number of hydrogen-bond donors (Lipinski definition) is 0. The highest BCUT2D eigenvalue weighted by atomic mass is 35.5. The van der Waals surface area contributed by atoms with E-state index in [9.17, 15) is 4.79 Å². The number of aromatic nitrogens is 3. The van der Waals surface area contributed by atoms with Crippen LogP contribution in [0.3, 0.4) is 0 Å². The Kier molecular flexibility index (Phi) is 4.17. The maximum atomic E-state index is 12.8. The Morgan fingerprint density at radius 3 is 2.68 bits per heavy atom. The maximum absolute atomic E-state index is 12.8. The highest BCUT2D eigenvalue weighted by Crippen LogP contribution is 2.20. The first-order valence-corrected chi connectivity index (χ1v) is 8.91. The van der Waals surface area contributed by atoms with E-state index < -0.39 is 0 Å². The molecule has 5 nitrogen and oxygen atoms in total. The quantitative estimate of drug-likeness (QED) is 0.703. The average molecular weight is 355 g/mol. The third-order valence-corrected chi connectivity index (χ3v) is 5.12. The van der Waals surface area contributed by atoms with Crippen LogP contribution in [0.1, 0.15) is 24.8 Å². The van der Waals surface area contributed by atoms with Crippen LogP contribution in [-0.2, 0) is 0 Å². The second-order valence-electron chi connectivity index (χ2n) is 6.44. The first-order valence-electron chi connectivity index (χ1n) is 8.53. The molecule has 0 amide bonds. The summed E-state index contributed by atoms with van der Waals surface area (Å²) in [6.45, 7) is 3.89. The number of pyridine rings is 1. The van der Waals surface area contributed by atoms with Crippen molar-refractivity contribution in [1.82, 2.24) is 14.5 Å². The summed E-state index contributed by atoms with van der Waals surface area (Å²) in [7, 11) is 0. The lowest BCUT2D eigenvalue weighted by Gasteiger charge is -2.26. The maximum Gasteiger partial charge on any atom is 0.266 e. The van der Waals surface area contributed by atoms with Crippen LogP contribution in [0.2, 0.25) is 5.02 Å². The van der Waals surface area contributed by atoms with Crippen LogP contribution in [0.15, 0.2) is 41.5 Å². The zero-order valence-electron chi connectivity index (χ0n) is 14.1. The van der Waals surface area contributed by atoms with Crippen LogP contribution < -0.4 is 10.5 Å². The molecule has 6 heteroatoms. The highest BCUT2D eigenvalue weighted by Gasteiger charge is 2.15. The first-order chi connectivity index (χ1) is 12.1. The summed E-state index contributed by atoms with van der Waals surface area (Å²) >= 11 is 6.20. The first kappa shape index (κ1) is 16.1. The van der Waals surface area contributed by atoms with E-state index in [0.717, 1.165) is 37.2 Å². The summed E-state index contributed by atoms with van der Waals surface area (Å²) in [5, 5.41) is 1.15. The van der Waals surface area contributed by atoms with Gasteiger partial charge in [0, 0.05) is 30.5 Å². The molecular formula is C19H19ClN4O. The Bertz CT molecular complexity index is 992. The van der Waals surface area contributed by atoms with Gasteiger partial charge in [-0.15, -0.1) is 0 Å². The van der Waals surface area contributed by atoms with Crippen molar-refractivity contribution in [3.63, 3.8) is 0 Å². The molecule has 0 radical (unpaired) electrons. The molecular weight excluding hydrogens is 336 g/mol.